The summed E-state index contributed by atoms with van der Waals surface area (Å²) in [5.74, 6) is -0.852. The predicted molar refractivity (Wildman–Crippen MR) is 137 cm³/mol. The number of benzene rings is 3. The molecule has 0 spiro atoms. The number of carbonyl (C=O) groups is 2. The van der Waals surface area contributed by atoms with Crippen LogP contribution in [0.25, 0.3) is 21.2 Å². The monoisotopic (exact) mass is 522 g/mol. The molecule has 5 rings (SSSR count). The molecule has 0 saturated carbocycles. The van der Waals surface area contributed by atoms with Crippen LogP contribution in [0.2, 0.25) is 0 Å². The van der Waals surface area contributed by atoms with E-state index in [2.05, 4.69) is 5.32 Å². The number of cyclic esters (lactones) is 1. The van der Waals surface area contributed by atoms with E-state index in [1.807, 2.05) is 6.07 Å². The van der Waals surface area contributed by atoms with Gasteiger partial charge in [0, 0.05) is 15.6 Å². The minimum absolute atomic E-state index is 0.0822. The SMILES string of the molecule is O=C(N[C@@H](CO)c1ccc(O)cc1)c1cc2c(-c3ccc(N4C[C@H](CO)OC4=O)cc3F)cccc2s1. The average Bonchev–Trinajstić information content (AvgIpc) is 3.51. The van der Waals surface area contributed by atoms with Crippen LogP contribution in [0.1, 0.15) is 21.3 Å². The van der Waals surface area contributed by atoms with E-state index in [0.717, 1.165) is 4.70 Å². The molecule has 0 bridgehead atoms. The Morgan fingerprint density at radius 1 is 1.11 bits per heavy atom. The number of halogens is 1. The summed E-state index contributed by atoms with van der Waals surface area (Å²) >= 11 is 1.25. The van der Waals surface area contributed by atoms with Gasteiger partial charge in [-0.3, -0.25) is 9.69 Å². The zero-order valence-electron chi connectivity index (χ0n) is 19.4. The molecule has 0 aliphatic carbocycles. The first-order chi connectivity index (χ1) is 17.9. The number of phenols is 1. The highest BCUT2D eigenvalue weighted by atomic mass is 32.1. The number of anilines is 1. The van der Waals surface area contributed by atoms with Crippen LogP contribution in [0.5, 0.6) is 5.75 Å². The van der Waals surface area contributed by atoms with Gasteiger partial charge < -0.3 is 25.4 Å². The van der Waals surface area contributed by atoms with Gasteiger partial charge in [0.25, 0.3) is 5.91 Å². The van der Waals surface area contributed by atoms with E-state index in [-0.39, 0.29) is 31.4 Å². The van der Waals surface area contributed by atoms with Crippen LogP contribution in [0.3, 0.4) is 0 Å². The van der Waals surface area contributed by atoms with Crippen molar-refractivity contribution in [3.8, 4) is 16.9 Å². The van der Waals surface area contributed by atoms with Crippen molar-refractivity contribution >= 4 is 39.1 Å². The molecule has 0 radical (unpaired) electrons. The van der Waals surface area contributed by atoms with E-state index < -0.39 is 24.1 Å². The molecular formula is C27H23FN2O6S. The number of aliphatic hydroxyl groups is 2. The number of aliphatic hydroxyl groups excluding tert-OH is 2. The lowest BCUT2D eigenvalue weighted by atomic mass is 10.0. The van der Waals surface area contributed by atoms with Crippen molar-refractivity contribution < 1.29 is 34.0 Å². The largest absolute Gasteiger partial charge is 0.508 e. The number of hydrogen-bond acceptors (Lipinski definition) is 7. The molecule has 4 aromatic rings. The number of nitrogens with zero attached hydrogens (tertiary/aromatic N) is 1. The first-order valence-corrected chi connectivity index (χ1v) is 12.3. The summed E-state index contributed by atoms with van der Waals surface area (Å²) in [6.45, 7) is -0.508. The third-order valence-electron chi connectivity index (χ3n) is 6.20. The zero-order valence-corrected chi connectivity index (χ0v) is 20.2. The summed E-state index contributed by atoms with van der Waals surface area (Å²) in [7, 11) is 0. The van der Waals surface area contributed by atoms with E-state index in [9.17, 15) is 24.9 Å². The van der Waals surface area contributed by atoms with Crippen LogP contribution in [0, 0.1) is 5.82 Å². The Labute approximate surface area is 215 Å². The van der Waals surface area contributed by atoms with Crippen molar-refractivity contribution in [2.75, 3.05) is 24.7 Å². The molecule has 1 aliphatic heterocycles. The maximum Gasteiger partial charge on any atom is 0.414 e. The van der Waals surface area contributed by atoms with Crippen molar-refractivity contribution in [3.05, 3.63) is 83.0 Å². The summed E-state index contributed by atoms with van der Waals surface area (Å²) < 4.78 is 21.1. The maximum atomic E-state index is 15.3. The molecule has 4 N–H and O–H groups in total. The van der Waals surface area contributed by atoms with Gasteiger partial charge in [0.1, 0.15) is 17.7 Å². The molecule has 2 heterocycles. The molecule has 1 aromatic heterocycles. The van der Waals surface area contributed by atoms with Crippen LogP contribution in [0.15, 0.2) is 66.7 Å². The van der Waals surface area contributed by atoms with E-state index >= 15 is 4.39 Å². The average molecular weight is 523 g/mol. The second-order valence-corrected chi connectivity index (χ2v) is 9.68. The molecule has 37 heavy (non-hydrogen) atoms. The van der Waals surface area contributed by atoms with Crippen molar-refractivity contribution in [3.63, 3.8) is 0 Å². The Morgan fingerprint density at radius 3 is 2.57 bits per heavy atom. The fraction of sp³-hybridized carbons (Fsp3) is 0.185. The van der Waals surface area contributed by atoms with Crippen LogP contribution < -0.4 is 10.2 Å². The lowest BCUT2D eigenvalue weighted by molar-refractivity contribution is 0.0920. The molecule has 1 saturated heterocycles. The smallest absolute Gasteiger partial charge is 0.414 e. The molecule has 2 atom stereocenters. The second kappa shape index (κ2) is 10.2. The van der Waals surface area contributed by atoms with Gasteiger partial charge in [0.2, 0.25) is 0 Å². The summed E-state index contributed by atoms with van der Waals surface area (Å²) in [6, 6.07) is 17.0. The molecule has 3 aromatic carbocycles. The molecule has 0 unspecified atom stereocenters. The Balaban J connectivity index is 1.42. The summed E-state index contributed by atoms with van der Waals surface area (Å²) in [5, 5.41) is 32.0. The number of nitrogens with one attached hydrogen (secondary N) is 1. The number of amides is 2. The first kappa shape index (κ1) is 24.7. The Kier molecular flexibility index (Phi) is 6.79. The van der Waals surface area contributed by atoms with Crippen molar-refractivity contribution in [1.82, 2.24) is 5.32 Å². The summed E-state index contributed by atoms with van der Waals surface area (Å²) in [6.07, 6.45) is -1.30. The van der Waals surface area contributed by atoms with Gasteiger partial charge >= 0.3 is 6.09 Å². The Bertz CT molecular complexity index is 1470. The van der Waals surface area contributed by atoms with E-state index in [4.69, 9.17) is 4.74 Å². The third-order valence-corrected chi connectivity index (χ3v) is 7.30. The molecule has 190 valence electrons. The number of thiophene rings is 1. The second-order valence-electron chi connectivity index (χ2n) is 8.59. The van der Waals surface area contributed by atoms with Crippen molar-refractivity contribution in [2.45, 2.75) is 12.1 Å². The predicted octanol–water partition coefficient (Wildman–Crippen LogP) is 4.19. The summed E-state index contributed by atoms with van der Waals surface area (Å²) in [4.78, 5) is 26.7. The number of rotatable bonds is 7. The summed E-state index contributed by atoms with van der Waals surface area (Å²) in [5.41, 5.74) is 1.86. The normalized spacial score (nSPS) is 16.1. The van der Waals surface area contributed by atoms with Crippen molar-refractivity contribution in [2.24, 2.45) is 0 Å². The molecule has 1 fully saturated rings. The van der Waals surface area contributed by atoms with Gasteiger partial charge in [-0.15, -0.1) is 11.3 Å². The number of ether oxygens (including phenoxy) is 1. The number of fused-ring (bicyclic) bond motifs is 1. The van der Waals surface area contributed by atoms with Gasteiger partial charge in [0.15, 0.2) is 0 Å². The maximum absolute atomic E-state index is 15.3. The quantitative estimate of drug-likeness (QED) is 0.289. The number of hydrogen-bond donors (Lipinski definition) is 4. The van der Waals surface area contributed by atoms with E-state index in [1.54, 1.807) is 42.5 Å². The van der Waals surface area contributed by atoms with Crippen LogP contribution in [-0.4, -0.2) is 53.2 Å². The first-order valence-electron chi connectivity index (χ1n) is 11.5. The van der Waals surface area contributed by atoms with E-state index in [1.165, 1.54) is 34.4 Å². The van der Waals surface area contributed by atoms with Crippen LogP contribution >= 0.6 is 11.3 Å². The standard InChI is InChI=1S/C27H23FN2O6S/c28-22-10-16(30-12-18(13-31)36-27(30)35)6-9-20(22)19-2-1-3-24-21(19)11-25(37-24)26(34)29-23(14-32)15-4-7-17(33)8-5-15/h1-11,18,23,31-33H,12-14H2,(H,29,34)/t18-,23+/m1/s1. The molecule has 1 aliphatic rings. The number of aromatic hydroxyl groups is 1. The molecule has 8 nitrogen and oxygen atoms in total. The zero-order chi connectivity index (χ0) is 26.1. The number of phenolic OH excluding ortho intramolecular Hbond substituents is 1. The molecule has 2 amide bonds. The van der Waals surface area contributed by atoms with Crippen LogP contribution in [0.4, 0.5) is 14.9 Å². The van der Waals surface area contributed by atoms with Gasteiger partial charge in [-0.2, -0.15) is 0 Å². The minimum atomic E-state index is -0.662. The van der Waals surface area contributed by atoms with Gasteiger partial charge in [-0.25, -0.2) is 9.18 Å². The Hall–Kier alpha value is -3.99. The van der Waals surface area contributed by atoms with Gasteiger partial charge in [0.05, 0.1) is 36.4 Å². The minimum Gasteiger partial charge on any atom is -0.508 e. The molecule has 10 heteroatoms. The van der Waals surface area contributed by atoms with E-state index in [0.29, 0.717) is 32.6 Å². The lowest BCUT2D eigenvalue weighted by Gasteiger charge is -2.16. The van der Waals surface area contributed by atoms with Gasteiger partial charge in [-0.05, 0) is 53.6 Å². The third kappa shape index (κ3) is 4.86. The number of carbonyl (C=O) groups excluding carboxylic acids is 2. The lowest BCUT2D eigenvalue weighted by Crippen LogP contribution is -2.30. The van der Waals surface area contributed by atoms with Gasteiger partial charge in [-0.1, -0.05) is 24.3 Å². The highest BCUT2D eigenvalue weighted by molar-refractivity contribution is 7.20. The fourth-order valence-electron chi connectivity index (χ4n) is 4.30. The highest BCUT2D eigenvalue weighted by Gasteiger charge is 2.32. The Morgan fingerprint density at radius 2 is 1.89 bits per heavy atom. The van der Waals surface area contributed by atoms with Crippen LogP contribution in [-0.2, 0) is 4.74 Å². The molecular weight excluding hydrogens is 499 g/mol. The fourth-order valence-corrected chi connectivity index (χ4v) is 5.29. The topological polar surface area (TPSA) is 119 Å². The highest BCUT2D eigenvalue weighted by Crippen LogP contribution is 2.37. The van der Waals surface area contributed by atoms with Crippen molar-refractivity contribution in [1.29, 1.82) is 0 Å².